The second kappa shape index (κ2) is 11.4. The Labute approximate surface area is 154 Å². The van der Waals surface area contributed by atoms with Crippen molar-refractivity contribution in [1.82, 2.24) is 15.5 Å². The van der Waals surface area contributed by atoms with Crippen molar-refractivity contribution in [1.29, 1.82) is 0 Å². The largest absolute Gasteiger partial charge is 0.354 e. The topological polar surface area (TPSA) is 170 Å². The van der Waals surface area contributed by atoms with Crippen LogP contribution in [0.3, 0.4) is 0 Å². The fraction of sp³-hybridized carbons (Fsp3) is 0.846. The molecule has 11 nitrogen and oxygen atoms in total. The first kappa shape index (κ1) is 24.7. The van der Waals surface area contributed by atoms with E-state index in [1.807, 2.05) is 13.8 Å². The predicted octanol–water partition coefficient (Wildman–Crippen LogP) is -1.66. The predicted molar refractivity (Wildman–Crippen MR) is 94.7 cm³/mol. The molecule has 0 rings (SSSR count). The van der Waals surface area contributed by atoms with Gasteiger partial charge in [-0.2, -0.15) is 16.8 Å². The van der Waals surface area contributed by atoms with Gasteiger partial charge in [0.1, 0.15) is 0 Å². The SMILES string of the molecule is CC(C)CCN(CC(=O)NCCS(=O)(=O)O)CC(=O)NCCS(=O)(=O)O. The molecule has 4 N–H and O–H groups in total. The lowest BCUT2D eigenvalue weighted by atomic mass is 10.1. The maximum atomic E-state index is 11.8. The van der Waals surface area contributed by atoms with Gasteiger partial charge < -0.3 is 10.6 Å². The van der Waals surface area contributed by atoms with Crippen molar-refractivity contribution in [2.24, 2.45) is 5.92 Å². The summed E-state index contributed by atoms with van der Waals surface area (Å²) in [7, 11) is -8.35. The summed E-state index contributed by atoms with van der Waals surface area (Å²) in [5.74, 6) is -1.92. The van der Waals surface area contributed by atoms with E-state index in [9.17, 15) is 26.4 Å². The Hall–Kier alpha value is -1.28. The minimum Gasteiger partial charge on any atom is -0.354 e. The third-order valence-electron chi connectivity index (χ3n) is 3.12. The molecule has 0 aromatic carbocycles. The van der Waals surface area contributed by atoms with Crippen molar-refractivity contribution in [2.75, 3.05) is 44.2 Å². The molecule has 0 spiro atoms. The Morgan fingerprint density at radius 1 is 0.885 bits per heavy atom. The number of nitrogens with zero attached hydrogens (tertiary/aromatic N) is 1. The fourth-order valence-corrected chi connectivity index (χ4v) is 2.53. The van der Waals surface area contributed by atoms with Gasteiger partial charge in [-0.15, -0.1) is 0 Å². The minimum atomic E-state index is -4.17. The molecule has 0 unspecified atom stereocenters. The molecule has 0 radical (unpaired) electrons. The third kappa shape index (κ3) is 16.2. The third-order valence-corrected chi connectivity index (χ3v) is 4.56. The fourth-order valence-electron chi connectivity index (χ4n) is 1.81. The van der Waals surface area contributed by atoms with E-state index in [2.05, 4.69) is 10.6 Å². The van der Waals surface area contributed by atoms with Crippen LogP contribution in [0, 0.1) is 5.92 Å². The van der Waals surface area contributed by atoms with Crippen LogP contribution in [0.15, 0.2) is 0 Å². The normalized spacial score (nSPS) is 12.4. The van der Waals surface area contributed by atoms with Gasteiger partial charge in [0.05, 0.1) is 24.6 Å². The number of rotatable bonds is 13. The van der Waals surface area contributed by atoms with Crippen molar-refractivity contribution >= 4 is 32.1 Å². The summed E-state index contributed by atoms with van der Waals surface area (Å²) >= 11 is 0. The zero-order valence-corrected chi connectivity index (χ0v) is 16.5. The second-order valence-corrected chi connectivity index (χ2v) is 9.31. The summed E-state index contributed by atoms with van der Waals surface area (Å²) in [6.45, 7) is 3.53. The van der Waals surface area contributed by atoms with Crippen molar-refractivity contribution in [2.45, 2.75) is 20.3 Å². The van der Waals surface area contributed by atoms with Gasteiger partial charge in [-0.25, -0.2) is 0 Å². The smallest absolute Gasteiger partial charge is 0.266 e. The zero-order valence-electron chi connectivity index (χ0n) is 14.8. The van der Waals surface area contributed by atoms with Gasteiger partial charge in [0.15, 0.2) is 0 Å². The molecule has 0 fully saturated rings. The molecular weight excluding hydrogens is 390 g/mol. The monoisotopic (exact) mass is 417 g/mol. The van der Waals surface area contributed by atoms with E-state index in [0.717, 1.165) is 0 Å². The van der Waals surface area contributed by atoms with Crippen LogP contribution in [-0.4, -0.2) is 86.9 Å². The summed E-state index contributed by atoms with van der Waals surface area (Å²) in [6, 6.07) is 0. The van der Waals surface area contributed by atoms with Gasteiger partial charge in [-0.1, -0.05) is 13.8 Å². The number of nitrogens with one attached hydrogen (secondary N) is 2. The summed E-state index contributed by atoms with van der Waals surface area (Å²) in [5.41, 5.74) is 0. The lowest BCUT2D eigenvalue weighted by molar-refractivity contribution is -0.125. The molecule has 0 aromatic rings. The van der Waals surface area contributed by atoms with Crippen LogP contribution in [0.1, 0.15) is 20.3 Å². The number of amides is 2. The van der Waals surface area contributed by atoms with E-state index in [4.69, 9.17) is 9.11 Å². The number of hydrogen-bond acceptors (Lipinski definition) is 7. The highest BCUT2D eigenvalue weighted by atomic mass is 32.2. The van der Waals surface area contributed by atoms with Crippen molar-refractivity contribution < 1.29 is 35.5 Å². The summed E-state index contributed by atoms with van der Waals surface area (Å²) < 4.78 is 59.7. The first-order chi connectivity index (χ1) is 11.8. The first-order valence-electron chi connectivity index (χ1n) is 7.94. The molecule has 13 heteroatoms. The molecule has 2 amide bonds. The summed E-state index contributed by atoms with van der Waals surface area (Å²) in [4.78, 5) is 25.2. The number of carbonyl (C=O) groups is 2. The summed E-state index contributed by atoms with van der Waals surface area (Å²) in [5, 5.41) is 4.66. The highest BCUT2D eigenvalue weighted by Crippen LogP contribution is 2.02. The van der Waals surface area contributed by atoms with Crippen LogP contribution < -0.4 is 10.6 Å². The van der Waals surface area contributed by atoms with Gasteiger partial charge >= 0.3 is 0 Å². The van der Waals surface area contributed by atoms with E-state index < -0.39 is 43.6 Å². The van der Waals surface area contributed by atoms with Crippen LogP contribution >= 0.6 is 0 Å². The Kier molecular flexibility index (Phi) is 10.9. The molecule has 0 atom stereocenters. The molecule has 0 aliphatic carbocycles. The highest BCUT2D eigenvalue weighted by molar-refractivity contribution is 7.86. The quantitative estimate of drug-likeness (QED) is 0.256. The molecule has 0 bridgehead atoms. The van der Waals surface area contributed by atoms with Gasteiger partial charge in [0, 0.05) is 13.1 Å². The molecule has 154 valence electrons. The van der Waals surface area contributed by atoms with E-state index in [-0.39, 0.29) is 26.2 Å². The van der Waals surface area contributed by atoms with Crippen molar-refractivity contribution in [3.63, 3.8) is 0 Å². The Balaban J connectivity index is 4.49. The molecule has 0 heterocycles. The minimum absolute atomic E-state index is 0.163. The Morgan fingerprint density at radius 2 is 1.27 bits per heavy atom. The van der Waals surface area contributed by atoms with Gasteiger partial charge in [0.25, 0.3) is 20.2 Å². The molecule has 0 aromatic heterocycles. The average molecular weight is 418 g/mol. The second-order valence-electron chi connectivity index (χ2n) is 6.17. The molecule has 0 aliphatic heterocycles. The highest BCUT2D eigenvalue weighted by Gasteiger charge is 2.16. The van der Waals surface area contributed by atoms with Crippen LogP contribution in [0.4, 0.5) is 0 Å². The van der Waals surface area contributed by atoms with Crippen LogP contribution in [0.5, 0.6) is 0 Å². The Morgan fingerprint density at radius 3 is 1.58 bits per heavy atom. The van der Waals surface area contributed by atoms with Crippen LogP contribution in [-0.2, 0) is 29.8 Å². The average Bonchev–Trinajstić information content (AvgIpc) is 2.41. The van der Waals surface area contributed by atoms with E-state index in [0.29, 0.717) is 18.9 Å². The number of hydrogen-bond donors (Lipinski definition) is 4. The van der Waals surface area contributed by atoms with Crippen LogP contribution in [0.2, 0.25) is 0 Å². The molecule has 0 aliphatic rings. The van der Waals surface area contributed by atoms with E-state index >= 15 is 0 Å². The van der Waals surface area contributed by atoms with E-state index in [1.54, 1.807) is 0 Å². The Bertz CT molecular complexity index is 609. The maximum absolute atomic E-state index is 11.8. The van der Waals surface area contributed by atoms with Gasteiger partial charge in [-0.05, 0) is 18.9 Å². The molecular formula is C13H27N3O8S2. The lowest BCUT2D eigenvalue weighted by Gasteiger charge is -2.22. The maximum Gasteiger partial charge on any atom is 0.266 e. The number of carbonyl (C=O) groups excluding carboxylic acids is 2. The summed E-state index contributed by atoms with van der Waals surface area (Å²) in [6.07, 6.45) is 0.705. The van der Waals surface area contributed by atoms with Gasteiger partial charge in [0.2, 0.25) is 11.8 Å². The van der Waals surface area contributed by atoms with Crippen molar-refractivity contribution in [3.05, 3.63) is 0 Å². The van der Waals surface area contributed by atoms with Crippen LogP contribution in [0.25, 0.3) is 0 Å². The zero-order chi connectivity index (χ0) is 20.4. The van der Waals surface area contributed by atoms with Gasteiger partial charge in [-0.3, -0.25) is 23.6 Å². The molecule has 26 heavy (non-hydrogen) atoms. The molecule has 0 saturated carbocycles. The van der Waals surface area contributed by atoms with Crippen molar-refractivity contribution in [3.8, 4) is 0 Å². The standard InChI is InChI=1S/C13H27N3O8S2/c1-11(2)3-6-16(9-12(17)14-4-7-25(19,20)21)10-13(18)15-5-8-26(22,23)24/h11H,3-10H2,1-2H3,(H,14,17)(H,15,18)(H,19,20,21)(H,22,23,24). The van der Waals surface area contributed by atoms with E-state index in [1.165, 1.54) is 4.90 Å². The lowest BCUT2D eigenvalue weighted by Crippen LogP contribution is -2.44. The first-order valence-corrected chi connectivity index (χ1v) is 11.2. The molecule has 0 saturated heterocycles.